The maximum absolute atomic E-state index is 14.5. The molecule has 0 aromatic heterocycles. The second kappa shape index (κ2) is 9.19. The van der Waals surface area contributed by atoms with Gasteiger partial charge in [0.25, 0.3) is 0 Å². The third-order valence-electron chi connectivity index (χ3n) is 7.13. The Morgan fingerprint density at radius 1 is 1.12 bits per heavy atom. The van der Waals surface area contributed by atoms with Crippen molar-refractivity contribution < 1.29 is 13.9 Å². The molecule has 3 aliphatic heterocycles. The Morgan fingerprint density at radius 2 is 2.00 bits per heavy atom. The molecule has 0 radical (unpaired) electrons. The number of rotatable bonds is 4. The zero-order valence-corrected chi connectivity index (χ0v) is 18.4. The predicted octanol–water partition coefficient (Wildman–Crippen LogP) is 4.04. The number of hydrogen-bond acceptors (Lipinski definition) is 5. The lowest BCUT2D eigenvalue weighted by molar-refractivity contribution is -0.0146. The van der Waals surface area contributed by atoms with E-state index in [1.807, 2.05) is 12.1 Å². The summed E-state index contributed by atoms with van der Waals surface area (Å²) in [7, 11) is 0. The van der Waals surface area contributed by atoms with Crippen LogP contribution in [0, 0.1) is 17.1 Å². The minimum Gasteiger partial charge on any atom is -0.375 e. The maximum atomic E-state index is 14.5. The first kappa shape index (κ1) is 21.4. The number of nitrogens with zero attached hydrogens (tertiary/aromatic N) is 2. The number of piperidine rings is 1. The van der Waals surface area contributed by atoms with E-state index in [2.05, 4.69) is 28.4 Å². The first-order chi connectivity index (χ1) is 15.7. The van der Waals surface area contributed by atoms with Crippen LogP contribution in [0.4, 0.5) is 10.1 Å². The number of nitrogens with one attached hydrogen (secondary N) is 1. The van der Waals surface area contributed by atoms with Crippen molar-refractivity contribution in [1.82, 2.24) is 5.32 Å². The Balaban J connectivity index is 1.45. The summed E-state index contributed by atoms with van der Waals surface area (Å²) in [6.07, 6.45) is 5.32. The number of hydrogen-bond donors (Lipinski definition) is 1. The van der Waals surface area contributed by atoms with Gasteiger partial charge < -0.3 is 19.7 Å². The molecule has 1 N–H and O–H groups in total. The van der Waals surface area contributed by atoms with Crippen LogP contribution in [0.1, 0.15) is 36.8 Å². The Labute approximate surface area is 189 Å². The molecule has 6 heteroatoms. The van der Waals surface area contributed by atoms with Gasteiger partial charge in [-0.25, -0.2) is 4.39 Å². The SMILES string of the molecule is N#Cc1ccc(-c2cc(CC3CNCCO3)ccc2N2CCC3(CCCO3)CC2)cc1F. The molecule has 3 fully saturated rings. The van der Waals surface area contributed by atoms with Gasteiger partial charge in [0.1, 0.15) is 11.9 Å². The lowest BCUT2D eigenvalue weighted by Crippen LogP contribution is -2.44. The highest BCUT2D eigenvalue weighted by atomic mass is 19.1. The molecule has 1 atom stereocenters. The van der Waals surface area contributed by atoms with Gasteiger partial charge in [0.2, 0.25) is 0 Å². The lowest BCUT2D eigenvalue weighted by atomic mass is 9.87. The van der Waals surface area contributed by atoms with Crippen LogP contribution < -0.4 is 10.2 Å². The summed E-state index contributed by atoms with van der Waals surface area (Å²) in [5.41, 5.74) is 4.24. The molecule has 2 aromatic rings. The van der Waals surface area contributed by atoms with Crippen LogP contribution in [-0.2, 0) is 15.9 Å². The maximum Gasteiger partial charge on any atom is 0.141 e. The normalized spacial score (nSPS) is 22.8. The molecule has 0 amide bonds. The molecule has 0 bridgehead atoms. The van der Waals surface area contributed by atoms with Crippen LogP contribution in [0.5, 0.6) is 0 Å². The number of halogens is 1. The average Bonchev–Trinajstić information content (AvgIpc) is 3.28. The molecular formula is C26H30FN3O2. The quantitative estimate of drug-likeness (QED) is 0.785. The van der Waals surface area contributed by atoms with E-state index in [0.717, 1.165) is 88.3 Å². The number of morpholine rings is 1. The molecule has 1 unspecified atom stereocenters. The van der Waals surface area contributed by atoms with Gasteiger partial charge >= 0.3 is 0 Å². The van der Waals surface area contributed by atoms with E-state index in [0.29, 0.717) is 0 Å². The van der Waals surface area contributed by atoms with Gasteiger partial charge in [-0.2, -0.15) is 5.26 Å². The fraction of sp³-hybridized carbons (Fsp3) is 0.500. The van der Waals surface area contributed by atoms with Crippen molar-refractivity contribution in [3.05, 3.63) is 53.3 Å². The molecular weight excluding hydrogens is 405 g/mol. The van der Waals surface area contributed by atoms with Crippen LogP contribution in [0.3, 0.4) is 0 Å². The van der Waals surface area contributed by atoms with Gasteiger partial charge in [-0.15, -0.1) is 0 Å². The highest BCUT2D eigenvalue weighted by molar-refractivity contribution is 5.80. The average molecular weight is 436 g/mol. The van der Waals surface area contributed by atoms with E-state index >= 15 is 0 Å². The van der Waals surface area contributed by atoms with Gasteiger partial charge in [-0.05, 0) is 67.5 Å². The largest absolute Gasteiger partial charge is 0.375 e. The van der Waals surface area contributed by atoms with Crippen molar-refractivity contribution in [2.75, 3.05) is 44.3 Å². The van der Waals surface area contributed by atoms with Gasteiger partial charge in [0.15, 0.2) is 0 Å². The van der Waals surface area contributed by atoms with Gasteiger partial charge in [0.05, 0.1) is 23.9 Å². The van der Waals surface area contributed by atoms with E-state index in [1.54, 1.807) is 6.07 Å². The van der Waals surface area contributed by atoms with E-state index in [1.165, 1.54) is 11.6 Å². The lowest BCUT2D eigenvalue weighted by Gasteiger charge is -2.40. The summed E-state index contributed by atoms with van der Waals surface area (Å²) >= 11 is 0. The van der Waals surface area contributed by atoms with E-state index in [-0.39, 0.29) is 17.3 Å². The molecule has 2 aromatic carbocycles. The third kappa shape index (κ3) is 4.38. The molecule has 3 saturated heterocycles. The Morgan fingerprint density at radius 3 is 2.69 bits per heavy atom. The second-order valence-electron chi connectivity index (χ2n) is 9.18. The number of benzene rings is 2. The standard InChI is InChI=1S/C26H30FN3O2/c27-24-16-20(3-4-21(24)17-28)23-15-19(14-22-18-29-9-13-31-22)2-5-25(23)30-10-7-26(8-11-30)6-1-12-32-26/h2-5,15-16,22,29H,1,6-14,18H2. The summed E-state index contributed by atoms with van der Waals surface area (Å²) in [6, 6.07) is 13.4. The first-order valence-electron chi connectivity index (χ1n) is 11.7. The Hall–Kier alpha value is -2.46. The van der Waals surface area contributed by atoms with E-state index < -0.39 is 5.82 Å². The van der Waals surface area contributed by atoms with Crippen LogP contribution in [-0.4, -0.2) is 51.1 Å². The minimum atomic E-state index is -0.474. The molecule has 3 aliphatic rings. The van der Waals surface area contributed by atoms with E-state index in [9.17, 15) is 4.39 Å². The van der Waals surface area contributed by atoms with Crippen molar-refractivity contribution in [2.24, 2.45) is 0 Å². The second-order valence-corrected chi connectivity index (χ2v) is 9.18. The zero-order chi connectivity index (χ0) is 22.0. The summed E-state index contributed by atoms with van der Waals surface area (Å²) in [4.78, 5) is 2.40. The van der Waals surface area contributed by atoms with Crippen LogP contribution in [0.25, 0.3) is 11.1 Å². The Kier molecular flexibility index (Phi) is 6.14. The summed E-state index contributed by atoms with van der Waals surface area (Å²) in [5.74, 6) is -0.474. The topological polar surface area (TPSA) is 57.5 Å². The fourth-order valence-corrected chi connectivity index (χ4v) is 5.31. The highest BCUT2D eigenvalue weighted by Gasteiger charge is 2.38. The molecule has 32 heavy (non-hydrogen) atoms. The number of anilines is 1. The van der Waals surface area contributed by atoms with Crippen LogP contribution in [0.2, 0.25) is 0 Å². The molecule has 168 valence electrons. The van der Waals surface area contributed by atoms with Crippen molar-refractivity contribution in [3.8, 4) is 17.2 Å². The number of nitriles is 1. The van der Waals surface area contributed by atoms with Crippen molar-refractivity contribution in [1.29, 1.82) is 5.26 Å². The van der Waals surface area contributed by atoms with Crippen molar-refractivity contribution >= 4 is 5.69 Å². The van der Waals surface area contributed by atoms with Crippen LogP contribution in [0.15, 0.2) is 36.4 Å². The molecule has 3 heterocycles. The van der Waals surface area contributed by atoms with Crippen LogP contribution >= 0.6 is 0 Å². The molecule has 5 rings (SSSR count). The summed E-state index contributed by atoms with van der Waals surface area (Å²) in [6.45, 7) is 5.21. The fourth-order valence-electron chi connectivity index (χ4n) is 5.31. The molecule has 0 saturated carbocycles. The summed E-state index contributed by atoms with van der Waals surface area (Å²) < 4.78 is 26.5. The van der Waals surface area contributed by atoms with Crippen molar-refractivity contribution in [3.63, 3.8) is 0 Å². The molecule has 1 spiro atoms. The predicted molar refractivity (Wildman–Crippen MR) is 122 cm³/mol. The van der Waals surface area contributed by atoms with Gasteiger partial charge in [0, 0.05) is 44.0 Å². The number of ether oxygens (including phenoxy) is 2. The monoisotopic (exact) mass is 435 g/mol. The van der Waals surface area contributed by atoms with Gasteiger partial charge in [-0.3, -0.25) is 0 Å². The van der Waals surface area contributed by atoms with E-state index in [4.69, 9.17) is 14.7 Å². The first-order valence-corrected chi connectivity index (χ1v) is 11.7. The third-order valence-corrected chi connectivity index (χ3v) is 7.13. The van der Waals surface area contributed by atoms with Crippen molar-refractivity contribution in [2.45, 2.75) is 43.8 Å². The summed E-state index contributed by atoms with van der Waals surface area (Å²) in [5, 5.41) is 12.5. The zero-order valence-electron chi connectivity index (χ0n) is 18.4. The van der Waals surface area contributed by atoms with Gasteiger partial charge in [-0.1, -0.05) is 12.1 Å². The molecule has 0 aliphatic carbocycles. The smallest absolute Gasteiger partial charge is 0.141 e. The Bertz CT molecular complexity index is 997. The highest BCUT2D eigenvalue weighted by Crippen LogP contribution is 2.40. The molecule has 5 nitrogen and oxygen atoms in total. The minimum absolute atomic E-state index is 0.0580.